The van der Waals surface area contributed by atoms with Gasteiger partial charge in [0.25, 0.3) is 0 Å². The molecule has 2 aromatic rings. The van der Waals surface area contributed by atoms with E-state index in [1.165, 1.54) is 5.56 Å². The molecule has 0 saturated heterocycles. The lowest BCUT2D eigenvalue weighted by molar-refractivity contribution is 0.185. The van der Waals surface area contributed by atoms with E-state index in [0.29, 0.717) is 6.61 Å². The molecule has 0 radical (unpaired) electrons. The Balaban J connectivity index is 1.87. The highest BCUT2D eigenvalue weighted by Gasteiger charge is 2.28. The minimum Gasteiger partial charge on any atom is -0.493 e. The third kappa shape index (κ3) is 2.52. The normalized spacial score (nSPS) is 19.0. The Hall–Kier alpha value is -1.55. The Bertz CT molecular complexity index is 603. The third-order valence-electron chi connectivity index (χ3n) is 3.80. The molecule has 3 rings (SSSR count). The second-order valence-corrected chi connectivity index (χ2v) is 5.46. The number of hydrogen-bond donors (Lipinski definition) is 2. The summed E-state index contributed by atoms with van der Waals surface area (Å²) >= 11 is 6.28. The van der Waals surface area contributed by atoms with Crippen LogP contribution in [0, 0.1) is 5.92 Å². The molecule has 0 bridgehead atoms. The van der Waals surface area contributed by atoms with E-state index in [4.69, 9.17) is 22.2 Å². The lowest BCUT2D eigenvalue weighted by Gasteiger charge is -2.32. The van der Waals surface area contributed by atoms with Crippen molar-refractivity contribution >= 4 is 11.6 Å². The minimum absolute atomic E-state index is 0.0166. The molecule has 1 heterocycles. The molecule has 1 aliphatic heterocycles. The van der Waals surface area contributed by atoms with Crippen molar-refractivity contribution in [2.75, 3.05) is 6.61 Å². The van der Waals surface area contributed by atoms with Crippen molar-refractivity contribution in [3.05, 3.63) is 64.7 Å². The maximum atomic E-state index is 6.28. The number of hydrogen-bond acceptors (Lipinski definition) is 3. The van der Waals surface area contributed by atoms with Gasteiger partial charge in [-0.1, -0.05) is 48.0 Å². The van der Waals surface area contributed by atoms with Crippen molar-refractivity contribution < 1.29 is 4.74 Å². The van der Waals surface area contributed by atoms with Gasteiger partial charge < -0.3 is 4.74 Å². The number of rotatable bonds is 3. The summed E-state index contributed by atoms with van der Waals surface area (Å²) in [7, 11) is 0. The van der Waals surface area contributed by atoms with E-state index in [0.717, 1.165) is 22.8 Å². The average molecular weight is 289 g/mol. The lowest BCUT2D eigenvalue weighted by Crippen LogP contribution is -2.38. The van der Waals surface area contributed by atoms with Gasteiger partial charge in [-0.2, -0.15) is 0 Å². The standard InChI is InChI=1S/C16H17ClN2O/c17-14-7-3-2-6-13(14)16(19-18)12-9-11-5-1-4-8-15(11)20-10-12/h1-8,12,16,19H,9-10,18H2. The van der Waals surface area contributed by atoms with Gasteiger partial charge >= 0.3 is 0 Å². The fraction of sp³-hybridized carbons (Fsp3) is 0.250. The molecule has 20 heavy (non-hydrogen) atoms. The van der Waals surface area contributed by atoms with Crippen LogP contribution >= 0.6 is 11.6 Å². The molecule has 0 aromatic heterocycles. The topological polar surface area (TPSA) is 47.3 Å². The number of halogens is 1. The van der Waals surface area contributed by atoms with E-state index in [-0.39, 0.29) is 12.0 Å². The number of nitrogens with two attached hydrogens (primary N) is 1. The first-order chi connectivity index (χ1) is 9.79. The number of fused-ring (bicyclic) bond motifs is 1. The van der Waals surface area contributed by atoms with Crippen molar-refractivity contribution in [3.8, 4) is 5.75 Å². The van der Waals surface area contributed by atoms with Crippen LogP contribution in [0.4, 0.5) is 0 Å². The quantitative estimate of drug-likeness (QED) is 0.674. The zero-order chi connectivity index (χ0) is 13.9. The van der Waals surface area contributed by atoms with Crippen molar-refractivity contribution in [2.45, 2.75) is 12.5 Å². The molecule has 0 saturated carbocycles. The first-order valence-corrected chi connectivity index (χ1v) is 7.08. The second kappa shape index (κ2) is 5.83. The van der Waals surface area contributed by atoms with Gasteiger partial charge in [0.2, 0.25) is 0 Å². The predicted octanol–water partition coefficient (Wildman–Crippen LogP) is 3.10. The van der Waals surface area contributed by atoms with Gasteiger partial charge in [0, 0.05) is 10.9 Å². The largest absolute Gasteiger partial charge is 0.493 e. The van der Waals surface area contributed by atoms with Crippen molar-refractivity contribution in [3.63, 3.8) is 0 Å². The van der Waals surface area contributed by atoms with E-state index >= 15 is 0 Å². The summed E-state index contributed by atoms with van der Waals surface area (Å²) in [6, 6.07) is 15.9. The van der Waals surface area contributed by atoms with Crippen molar-refractivity contribution in [1.82, 2.24) is 5.43 Å². The maximum Gasteiger partial charge on any atom is 0.122 e. The van der Waals surface area contributed by atoms with Gasteiger partial charge in [-0.05, 0) is 29.7 Å². The Labute approximate surface area is 123 Å². The Kier molecular flexibility index (Phi) is 3.92. The molecule has 104 valence electrons. The van der Waals surface area contributed by atoms with E-state index < -0.39 is 0 Å². The Morgan fingerprint density at radius 2 is 1.90 bits per heavy atom. The Morgan fingerprint density at radius 3 is 2.70 bits per heavy atom. The van der Waals surface area contributed by atoms with Gasteiger partial charge in [-0.3, -0.25) is 11.3 Å². The number of nitrogens with one attached hydrogen (secondary N) is 1. The van der Waals surface area contributed by atoms with E-state index in [1.54, 1.807) is 0 Å². The lowest BCUT2D eigenvalue weighted by atomic mass is 9.87. The van der Waals surface area contributed by atoms with Crippen LogP contribution < -0.4 is 16.0 Å². The molecule has 2 atom stereocenters. The van der Waals surface area contributed by atoms with Crippen LogP contribution in [0.15, 0.2) is 48.5 Å². The summed E-state index contributed by atoms with van der Waals surface area (Å²) in [6.07, 6.45) is 0.927. The van der Waals surface area contributed by atoms with Crippen LogP contribution in [0.5, 0.6) is 5.75 Å². The summed E-state index contributed by atoms with van der Waals surface area (Å²) in [6.45, 7) is 0.636. The molecule has 2 unspecified atom stereocenters. The van der Waals surface area contributed by atoms with Gasteiger partial charge in [-0.15, -0.1) is 0 Å². The second-order valence-electron chi connectivity index (χ2n) is 5.05. The first kappa shape index (κ1) is 13.4. The van der Waals surface area contributed by atoms with Crippen LogP contribution in [-0.4, -0.2) is 6.61 Å². The zero-order valence-corrected chi connectivity index (χ0v) is 11.8. The number of para-hydroxylation sites is 1. The fourth-order valence-corrected chi connectivity index (χ4v) is 3.03. The summed E-state index contributed by atoms with van der Waals surface area (Å²) in [5.41, 5.74) is 5.13. The van der Waals surface area contributed by atoms with Crippen LogP contribution in [0.2, 0.25) is 5.02 Å². The van der Waals surface area contributed by atoms with E-state index in [2.05, 4.69) is 11.5 Å². The van der Waals surface area contributed by atoms with Crippen LogP contribution in [0.1, 0.15) is 17.2 Å². The monoisotopic (exact) mass is 288 g/mol. The summed E-state index contributed by atoms with van der Waals surface area (Å²) in [4.78, 5) is 0. The van der Waals surface area contributed by atoms with Crippen molar-refractivity contribution in [1.29, 1.82) is 0 Å². The predicted molar refractivity (Wildman–Crippen MR) is 80.6 cm³/mol. The molecule has 0 fully saturated rings. The zero-order valence-electron chi connectivity index (χ0n) is 11.1. The molecule has 0 amide bonds. The molecule has 2 aromatic carbocycles. The van der Waals surface area contributed by atoms with Crippen LogP contribution in [0.25, 0.3) is 0 Å². The smallest absolute Gasteiger partial charge is 0.122 e. The third-order valence-corrected chi connectivity index (χ3v) is 4.14. The number of ether oxygens (including phenoxy) is 1. The molecule has 4 heteroatoms. The summed E-state index contributed by atoms with van der Waals surface area (Å²) in [5, 5.41) is 0.731. The van der Waals surface area contributed by atoms with Crippen molar-refractivity contribution in [2.24, 2.45) is 11.8 Å². The molecule has 0 spiro atoms. The number of benzene rings is 2. The highest BCUT2D eigenvalue weighted by atomic mass is 35.5. The molecular formula is C16H17ClN2O. The molecule has 1 aliphatic rings. The molecule has 0 aliphatic carbocycles. The van der Waals surface area contributed by atoms with Gasteiger partial charge in [0.05, 0.1) is 12.6 Å². The van der Waals surface area contributed by atoms with E-state index in [1.807, 2.05) is 42.5 Å². The van der Waals surface area contributed by atoms with Crippen LogP contribution in [0.3, 0.4) is 0 Å². The molecular weight excluding hydrogens is 272 g/mol. The Morgan fingerprint density at radius 1 is 1.15 bits per heavy atom. The SMILES string of the molecule is NNC(c1ccccc1Cl)C1COc2ccccc2C1. The number of hydrazine groups is 1. The minimum atomic E-state index is -0.0166. The van der Waals surface area contributed by atoms with Crippen LogP contribution in [-0.2, 0) is 6.42 Å². The van der Waals surface area contributed by atoms with Gasteiger partial charge in [0.15, 0.2) is 0 Å². The van der Waals surface area contributed by atoms with Gasteiger partial charge in [-0.25, -0.2) is 0 Å². The summed E-state index contributed by atoms with van der Waals surface area (Å²) in [5.74, 6) is 6.99. The maximum absolute atomic E-state index is 6.28. The first-order valence-electron chi connectivity index (χ1n) is 6.71. The highest BCUT2D eigenvalue weighted by molar-refractivity contribution is 6.31. The fourth-order valence-electron chi connectivity index (χ4n) is 2.77. The van der Waals surface area contributed by atoms with E-state index in [9.17, 15) is 0 Å². The molecule has 3 nitrogen and oxygen atoms in total. The molecule has 3 N–H and O–H groups in total. The highest BCUT2D eigenvalue weighted by Crippen LogP contribution is 2.35. The summed E-state index contributed by atoms with van der Waals surface area (Å²) < 4.78 is 5.84. The average Bonchev–Trinajstić information content (AvgIpc) is 2.50. The van der Waals surface area contributed by atoms with Gasteiger partial charge in [0.1, 0.15) is 5.75 Å².